The zero-order valence-corrected chi connectivity index (χ0v) is 14.3. The number of aryl methyl sites for hydroxylation is 1. The molecule has 0 aromatic carbocycles. The molecule has 1 rings (SSSR count). The Kier molecular flexibility index (Phi) is 5.37. The monoisotopic (exact) mass is 278 g/mol. The Morgan fingerprint density at radius 3 is 2.30 bits per heavy atom. The lowest BCUT2D eigenvalue weighted by atomic mass is 9.87. The highest BCUT2D eigenvalue weighted by Gasteiger charge is 2.26. The SMILES string of the molecule is CCCc1nc(NC)c(C)c(N(C)C(C)C(C)(C)C)n1. The van der Waals surface area contributed by atoms with Crippen LogP contribution in [0, 0.1) is 12.3 Å². The molecule has 4 heteroatoms. The molecule has 0 aliphatic carbocycles. The summed E-state index contributed by atoms with van der Waals surface area (Å²) in [5, 5.41) is 3.19. The molecule has 1 atom stereocenters. The van der Waals surface area contributed by atoms with Crippen LogP contribution >= 0.6 is 0 Å². The Balaban J connectivity index is 3.25. The number of aromatic nitrogens is 2. The zero-order chi connectivity index (χ0) is 15.5. The predicted molar refractivity (Wildman–Crippen MR) is 87.6 cm³/mol. The molecule has 1 unspecified atom stereocenters. The van der Waals surface area contributed by atoms with Crippen molar-refractivity contribution in [2.24, 2.45) is 5.41 Å². The van der Waals surface area contributed by atoms with Gasteiger partial charge in [0.05, 0.1) is 0 Å². The number of anilines is 2. The van der Waals surface area contributed by atoms with Crippen molar-refractivity contribution in [2.75, 3.05) is 24.3 Å². The van der Waals surface area contributed by atoms with Crippen molar-refractivity contribution < 1.29 is 0 Å². The highest BCUT2D eigenvalue weighted by atomic mass is 15.2. The van der Waals surface area contributed by atoms with E-state index in [9.17, 15) is 0 Å². The Morgan fingerprint density at radius 2 is 1.85 bits per heavy atom. The van der Waals surface area contributed by atoms with Gasteiger partial charge in [-0.15, -0.1) is 0 Å². The van der Waals surface area contributed by atoms with Crippen LogP contribution in [0.15, 0.2) is 0 Å². The van der Waals surface area contributed by atoms with E-state index < -0.39 is 0 Å². The van der Waals surface area contributed by atoms with Gasteiger partial charge in [0.25, 0.3) is 0 Å². The first-order chi connectivity index (χ1) is 9.22. The molecule has 1 heterocycles. The largest absolute Gasteiger partial charge is 0.373 e. The van der Waals surface area contributed by atoms with Gasteiger partial charge >= 0.3 is 0 Å². The lowest BCUT2D eigenvalue weighted by molar-refractivity contribution is 0.328. The van der Waals surface area contributed by atoms with Crippen LogP contribution in [0.1, 0.15) is 52.4 Å². The first kappa shape index (κ1) is 16.7. The quantitative estimate of drug-likeness (QED) is 0.892. The van der Waals surface area contributed by atoms with E-state index in [0.717, 1.165) is 35.9 Å². The summed E-state index contributed by atoms with van der Waals surface area (Å²) in [6.45, 7) is 13.3. The van der Waals surface area contributed by atoms with E-state index in [4.69, 9.17) is 4.98 Å². The van der Waals surface area contributed by atoms with E-state index in [2.05, 4.69) is 63.8 Å². The van der Waals surface area contributed by atoms with Crippen molar-refractivity contribution in [3.8, 4) is 0 Å². The predicted octanol–water partition coefficient (Wildman–Crippen LogP) is 3.65. The molecule has 0 saturated heterocycles. The number of hydrogen-bond acceptors (Lipinski definition) is 4. The molecular weight excluding hydrogens is 248 g/mol. The molecule has 0 bridgehead atoms. The van der Waals surface area contributed by atoms with E-state index in [1.165, 1.54) is 0 Å². The highest BCUT2D eigenvalue weighted by Crippen LogP contribution is 2.30. The molecule has 0 aliphatic rings. The third-order valence-electron chi connectivity index (χ3n) is 4.05. The van der Waals surface area contributed by atoms with Crippen LogP contribution in [0.4, 0.5) is 11.6 Å². The van der Waals surface area contributed by atoms with Crippen LogP contribution < -0.4 is 10.2 Å². The fraction of sp³-hybridized carbons (Fsp3) is 0.750. The minimum absolute atomic E-state index is 0.205. The molecule has 0 saturated carbocycles. The van der Waals surface area contributed by atoms with Crippen molar-refractivity contribution >= 4 is 11.6 Å². The lowest BCUT2D eigenvalue weighted by Crippen LogP contribution is -2.40. The van der Waals surface area contributed by atoms with Crippen LogP contribution in [-0.4, -0.2) is 30.1 Å². The number of hydrogen-bond donors (Lipinski definition) is 1. The number of nitrogens with zero attached hydrogens (tertiary/aromatic N) is 3. The van der Waals surface area contributed by atoms with Crippen molar-refractivity contribution in [1.29, 1.82) is 0 Å². The maximum Gasteiger partial charge on any atom is 0.137 e. The average Bonchev–Trinajstić information content (AvgIpc) is 2.38. The third-order valence-corrected chi connectivity index (χ3v) is 4.05. The van der Waals surface area contributed by atoms with Gasteiger partial charge < -0.3 is 10.2 Å². The molecule has 1 aromatic heterocycles. The topological polar surface area (TPSA) is 41.1 Å². The lowest BCUT2D eigenvalue weighted by Gasteiger charge is -2.37. The molecule has 0 spiro atoms. The zero-order valence-electron chi connectivity index (χ0n) is 14.3. The fourth-order valence-corrected chi connectivity index (χ4v) is 2.24. The van der Waals surface area contributed by atoms with Crippen molar-refractivity contribution in [3.05, 3.63) is 11.4 Å². The molecule has 1 aromatic rings. The molecule has 0 aliphatic heterocycles. The summed E-state index contributed by atoms with van der Waals surface area (Å²) in [6, 6.07) is 0.398. The molecule has 0 fully saturated rings. The van der Waals surface area contributed by atoms with Crippen LogP contribution in [0.25, 0.3) is 0 Å². The van der Waals surface area contributed by atoms with Crippen LogP contribution in [0.2, 0.25) is 0 Å². The second kappa shape index (κ2) is 6.42. The summed E-state index contributed by atoms with van der Waals surface area (Å²) in [6.07, 6.45) is 1.98. The summed E-state index contributed by atoms with van der Waals surface area (Å²) in [4.78, 5) is 11.7. The average molecular weight is 278 g/mol. The molecule has 0 amide bonds. The highest BCUT2D eigenvalue weighted by molar-refractivity contribution is 5.58. The van der Waals surface area contributed by atoms with E-state index in [1.54, 1.807) is 0 Å². The molecule has 4 nitrogen and oxygen atoms in total. The molecule has 20 heavy (non-hydrogen) atoms. The number of rotatable bonds is 5. The molecule has 114 valence electrons. The normalized spacial score (nSPS) is 13.2. The van der Waals surface area contributed by atoms with Gasteiger partial charge in [0.15, 0.2) is 0 Å². The van der Waals surface area contributed by atoms with E-state index >= 15 is 0 Å². The standard InChI is InChI=1S/C16H30N4/c1-9-10-13-18-14(17-7)11(2)15(19-13)20(8)12(3)16(4,5)6/h12H,9-10H2,1-8H3,(H,17,18,19). The maximum atomic E-state index is 4.78. The summed E-state index contributed by atoms with van der Waals surface area (Å²) in [5.74, 6) is 2.90. The first-order valence-electron chi connectivity index (χ1n) is 7.50. The van der Waals surface area contributed by atoms with Crippen molar-refractivity contribution in [1.82, 2.24) is 9.97 Å². The first-order valence-corrected chi connectivity index (χ1v) is 7.50. The van der Waals surface area contributed by atoms with Gasteiger partial charge in [0, 0.05) is 32.1 Å². The van der Waals surface area contributed by atoms with E-state index in [-0.39, 0.29) is 5.41 Å². The summed E-state index contributed by atoms with van der Waals surface area (Å²) in [5.41, 5.74) is 1.32. The number of nitrogens with one attached hydrogen (secondary N) is 1. The van der Waals surface area contributed by atoms with Crippen molar-refractivity contribution in [2.45, 2.75) is 60.4 Å². The minimum Gasteiger partial charge on any atom is -0.373 e. The van der Waals surface area contributed by atoms with E-state index in [1.807, 2.05) is 7.05 Å². The molecular formula is C16H30N4. The van der Waals surface area contributed by atoms with E-state index in [0.29, 0.717) is 6.04 Å². The van der Waals surface area contributed by atoms with Crippen LogP contribution in [0.5, 0.6) is 0 Å². The van der Waals surface area contributed by atoms with Gasteiger partial charge in [-0.05, 0) is 25.7 Å². The maximum absolute atomic E-state index is 4.78. The Labute approximate surface area is 124 Å². The molecule has 1 N–H and O–H groups in total. The van der Waals surface area contributed by atoms with Gasteiger partial charge in [-0.1, -0.05) is 27.7 Å². The minimum atomic E-state index is 0.205. The second-order valence-electron chi connectivity index (χ2n) is 6.59. The van der Waals surface area contributed by atoms with Gasteiger partial charge in [-0.2, -0.15) is 0 Å². The third kappa shape index (κ3) is 3.62. The second-order valence-corrected chi connectivity index (χ2v) is 6.59. The molecule has 0 radical (unpaired) electrons. The Bertz CT molecular complexity index is 449. The van der Waals surface area contributed by atoms with Gasteiger partial charge in [0.1, 0.15) is 17.5 Å². The summed E-state index contributed by atoms with van der Waals surface area (Å²) < 4.78 is 0. The van der Waals surface area contributed by atoms with Crippen LogP contribution in [0.3, 0.4) is 0 Å². The summed E-state index contributed by atoms with van der Waals surface area (Å²) in [7, 11) is 4.04. The fourth-order valence-electron chi connectivity index (χ4n) is 2.24. The van der Waals surface area contributed by atoms with Gasteiger partial charge in [-0.3, -0.25) is 0 Å². The smallest absolute Gasteiger partial charge is 0.137 e. The summed E-state index contributed by atoms with van der Waals surface area (Å²) >= 11 is 0. The Hall–Kier alpha value is -1.32. The van der Waals surface area contributed by atoms with Crippen molar-refractivity contribution in [3.63, 3.8) is 0 Å². The van der Waals surface area contributed by atoms with Gasteiger partial charge in [0.2, 0.25) is 0 Å². The van der Waals surface area contributed by atoms with Gasteiger partial charge in [-0.25, -0.2) is 9.97 Å². The van der Waals surface area contributed by atoms with Crippen LogP contribution in [-0.2, 0) is 6.42 Å². The Morgan fingerprint density at radius 1 is 1.25 bits per heavy atom.